The Morgan fingerprint density at radius 3 is 2.75 bits per heavy atom. The molecule has 1 rings (SSSR count). The van der Waals surface area contributed by atoms with E-state index in [9.17, 15) is 14.9 Å². The minimum Gasteiger partial charge on any atom is -0.358 e. The number of carbonyl (C=O) groups excluding carboxylic acids is 1. The van der Waals surface area contributed by atoms with Gasteiger partial charge in [-0.05, 0) is 6.42 Å². The quantitative estimate of drug-likeness (QED) is 0.371. The number of pyridine rings is 1. The number of aromatic nitrogens is 1. The number of likely N-dealkylation sites (N-methyl/N-ethyl adjacent to an activating group) is 1. The summed E-state index contributed by atoms with van der Waals surface area (Å²) < 4.78 is 0. The van der Waals surface area contributed by atoms with Gasteiger partial charge >= 0.3 is 0 Å². The Bertz CT molecular complexity index is 493. The van der Waals surface area contributed by atoms with E-state index in [1.54, 1.807) is 4.90 Å². The van der Waals surface area contributed by atoms with Crippen LogP contribution in [0.15, 0.2) is 12.1 Å². The van der Waals surface area contributed by atoms with E-state index in [1.807, 2.05) is 6.92 Å². The zero-order valence-corrected chi connectivity index (χ0v) is 11.4. The predicted molar refractivity (Wildman–Crippen MR) is 75.3 cm³/mol. The molecule has 0 aliphatic heterocycles. The third-order valence-corrected chi connectivity index (χ3v) is 2.59. The first-order valence-electron chi connectivity index (χ1n) is 6.10. The molecule has 0 bridgehead atoms. The number of nitrogen functional groups attached to an aromatic ring is 1. The van der Waals surface area contributed by atoms with Gasteiger partial charge in [0.1, 0.15) is 11.6 Å². The first kappa shape index (κ1) is 15.6. The van der Waals surface area contributed by atoms with Gasteiger partial charge < -0.3 is 15.6 Å². The largest absolute Gasteiger partial charge is 0.358 e. The number of hydrogen-bond donors (Lipinski definition) is 3. The molecule has 4 N–H and O–H groups in total. The molecule has 9 heteroatoms. The van der Waals surface area contributed by atoms with Crippen molar-refractivity contribution in [3.05, 3.63) is 22.2 Å². The molecule has 0 aliphatic carbocycles. The van der Waals surface area contributed by atoms with Crippen LogP contribution in [0, 0.1) is 10.1 Å². The van der Waals surface area contributed by atoms with Crippen LogP contribution in [0.4, 0.5) is 17.3 Å². The Kier molecular flexibility index (Phi) is 5.66. The predicted octanol–water partition coefficient (Wildman–Crippen LogP) is 0.238. The number of amides is 1. The number of hydrazine groups is 1. The van der Waals surface area contributed by atoms with Crippen LogP contribution in [0.5, 0.6) is 0 Å². The summed E-state index contributed by atoms with van der Waals surface area (Å²) >= 11 is 0. The molecule has 0 atom stereocenters. The molecule has 110 valence electrons. The van der Waals surface area contributed by atoms with Gasteiger partial charge in [0.15, 0.2) is 0 Å². The van der Waals surface area contributed by atoms with Gasteiger partial charge in [0, 0.05) is 13.6 Å². The van der Waals surface area contributed by atoms with Gasteiger partial charge in [0.05, 0.1) is 23.6 Å². The van der Waals surface area contributed by atoms with Crippen molar-refractivity contribution in [2.75, 3.05) is 30.5 Å². The molecule has 0 saturated carbocycles. The van der Waals surface area contributed by atoms with Crippen LogP contribution in [0.25, 0.3) is 0 Å². The molecule has 0 fully saturated rings. The lowest BCUT2D eigenvalue weighted by atomic mass is 10.3. The van der Waals surface area contributed by atoms with Gasteiger partial charge in [0.25, 0.3) is 5.69 Å². The van der Waals surface area contributed by atoms with Crippen LogP contribution < -0.4 is 21.5 Å². The summed E-state index contributed by atoms with van der Waals surface area (Å²) in [5.74, 6) is 5.56. The first-order chi connectivity index (χ1) is 9.51. The maximum atomic E-state index is 11.5. The summed E-state index contributed by atoms with van der Waals surface area (Å²) in [6, 6.07) is 2.55. The highest BCUT2D eigenvalue weighted by Crippen LogP contribution is 2.23. The lowest BCUT2D eigenvalue weighted by Crippen LogP contribution is -2.36. The highest BCUT2D eigenvalue weighted by molar-refractivity contribution is 5.81. The number of carbonyl (C=O) groups is 1. The molecule has 0 spiro atoms. The molecule has 20 heavy (non-hydrogen) atoms. The van der Waals surface area contributed by atoms with Gasteiger partial charge in [-0.25, -0.2) is 10.8 Å². The fourth-order valence-electron chi connectivity index (χ4n) is 1.64. The molecule has 9 nitrogen and oxygen atoms in total. The maximum Gasteiger partial charge on any atom is 0.276 e. The van der Waals surface area contributed by atoms with E-state index in [0.717, 1.165) is 6.42 Å². The fraction of sp³-hybridized carbons (Fsp3) is 0.455. The molecular formula is C11H18N6O3. The van der Waals surface area contributed by atoms with E-state index in [-0.39, 0.29) is 24.0 Å². The van der Waals surface area contributed by atoms with Gasteiger partial charge in [-0.2, -0.15) is 0 Å². The lowest BCUT2D eigenvalue weighted by molar-refractivity contribution is -0.384. The number of nitro groups is 1. The first-order valence-corrected chi connectivity index (χ1v) is 6.10. The molecule has 0 radical (unpaired) electrons. The standard InChI is InChI=1S/C11H18N6O3/c1-3-4-16(7-11(18)13-2)10-6-8(17(19)20)5-9(14-10)15-12/h5-6H,3-4,7,12H2,1-2H3,(H,13,18)(H,14,15). The van der Waals surface area contributed by atoms with Crippen LogP contribution in [0.1, 0.15) is 13.3 Å². The number of nitrogens with two attached hydrogens (primary N) is 1. The van der Waals surface area contributed by atoms with Gasteiger partial charge in [-0.3, -0.25) is 14.9 Å². The zero-order chi connectivity index (χ0) is 15.1. The molecule has 1 aromatic heterocycles. The van der Waals surface area contributed by atoms with Crippen molar-refractivity contribution in [3.63, 3.8) is 0 Å². The molecule has 1 heterocycles. The Morgan fingerprint density at radius 1 is 1.55 bits per heavy atom. The Morgan fingerprint density at radius 2 is 2.25 bits per heavy atom. The fourth-order valence-corrected chi connectivity index (χ4v) is 1.64. The number of rotatable bonds is 7. The van der Waals surface area contributed by atoms with Crippen LogP contribution in [0.2, 0.25) is 0 Å². The third-order valence-electron chi connectivity index (χ3n) is 2.59. The minimum atomic E-state index is -0.532. The van der Waals surface area contributed by atoms with Crippen molar-refractivity contribution in [2.45, 2.75) is 13.3 Å². The Balaban J connectivity index is 3.13. The summed E-state index contributed by atoms with van der Waals surface area (Å²) in [7, 11) is 1.53. The van der Waals surface area contributed by atoms with E-state index in [1.165, 1.54) is 19.2 Å². The van der Waals surface area contributed by atoms with E-state index in [2.05, 4.69) is 15.7 Å². The van der Waals surface area contributed by atoms with E-state index >= 15 is 0 Å². The van der Waals surface area contributed by atoms with Gasteiger partial charge in [0.2, 0.25) is 5.91 Å². The smallest absolute Gasteiger partial charge is 0.276 e. The Hall–Kier alpha value is -2.42. The van der Waals surface area contributed by atoms with Crippen LogP contribution in [-0.4, -0.2) is 36.0 Å². The second kappa shape index (κ2) is 7.24. The molecule has 0 aliphatic rings. The summed E-state index contributed by atoms with van der Waals surface area (Å²) in [4.78, 5) is 27.7. The summed E-state index contributed by atoms with van der Waals surface area (Å²) in [5, 5.41) is 13.4. The monoisotopic (exact) mass is 282 g/mol. The van der Waals surface area contributed by atoms with Crippen molar-refractivity contribution in [2.24, 2.45) is 5.84 Å². The van der Waals surface area contributed by atoms with Gasteiger partial charge in [-0.15, -0.1) is 0 Å². The second-order valence-corrected chi connectivity index (χ2v) is 4.06. The van der Waals surface area contributed by atoms with E-state index in [4.69, 9.17) is 5.84 Å². The van der Waals surface area contributed by atoms with Crippen molar-refractivity contribution >= 4 is 23.2 Å². The lowest BCUT2D eigenvalue weighted by Gasteiger charge is -2.22. The normalized spacial score (nSPS) is 9.95. The van der Waals surface area contributed by atoms with Crippen molar-refractivity contribution < 1.29 is 9.72 Å². The summed E-state index contributed by atoms with van der Waals surface area (Å²) in [6.45, 7) is 2.56. The summed E-state index contributed by atoms with van der Waals surface area (Å²) in [5.41, 5.74) is 2.15. The summed E-state index contributed by atoms with van der Waals surface area (Å²) in [6.07, 6.45) is 0.771. The van der Waals surface area contributed by atoms with E-state index < -0.39 is 4.92 Å². The van der Waals surface area contributed by atoms with E-state index in [0.29, 0.717) is 12.4 Å². The van der Waals surface area contributed by atoms with Crippen LogP contribution >= 0.6 is 0 Å². The topological polar surface area (TPSA) is 126 Å². The average Bonchev–Trinajstić information content (AvgIpc) is 2.45. The highest BCUT2D eigenvalue weighted by Gasteiger charge is 2.17. The van der Waals surface area contributed by atoms with Crippen LogP contribution in [-0.2, 0) is 4.79 Å². The van der Waals surface area contributed by atoms with Crippen molar-refractivity contribution in [1.29, 1.82) is 0 Å². The van der Waals surface area contributed by atoms with Gasteiger partial charge in [-0.1, -0.05) is 6.92 Å². The SMILES string of the molecule is CCCN(CC(=O)NC)c1cc([N+](=O)[O-])cc(NN)n1. The number of nitrogens with zero attached hydrogens (tertiary/aromatic N) is 3. The van der Waals surface area contributed by atoms with Crippen molar-refractivity contribution in [3.8, 4) is 0 Å². The number of nitrogens with one attached hydrogen (secondary N) is 2. The Labute approximate surface area is 116 Å². The van der Waals surface area contributed by atoms with Crippen LogP contribution in [0.3, 0.4) is 0 Å². The number of hydrogen-bond acceptors (Lipinski definition) is 7. The molecule has 0 saturated heterocycles. The molecule has 0 aromatic carbocycles. The second-order valence-electron chi connectivity index (χ2n) is 4.06. The molecule has 1 amide bonds. The maximum absolute atomic E-state index is 11.5. The highest BCUT2D eigenvalue weighted by atomic mass is 16.6. The zero-order valence-electron chi connectivity index (χ0n) is 11.4. The molecule has 1 aromatic rings. The average molecular weight is 282 g/mol. The van der Waals surface area contributed by atoms with Crippen molar-refractivity contribution in [1.82, 2.24) is 10.3 Å². The molecular weight excluding hydrogens is 264 g/mol. The third kappa shape index (κ3) is 4.05. The minimum absolute atomic E-state index is 0.0719. The number of anilines is 2. The molecule has 0 unspecified atom stereocenters.